The normalized spacial score (nSPS) is 23.4. The van der Waals surface area contributed by atoms with Crippen molar-refractivity contribution >= 4 is 5.91 Å². The van der Waals surface area contributed by atoms with Crippen molar-refractivity contribution in [3.63, 3.8) is 0 Å². The van der Waals surface area contributed by atoms with Crippen molar-refractivity contribution in [1.29, 1.82) is 0 Å². The lowest BCUT2D eigenvalue weighted by atomic mass is 9.98. The number of aliphatic hydroxyl groups is 1. The number of carbonyl (C=O) groups excluding carboxylic acids is 1. The number of carbonyl (C=O) groups is 1. The number of benzene rings is 1. The van der Waals surface area contributed by atoms with Crippen molar-refractivity contribution in [2.75, 3.05) is 6.54 Å². The van der Waals surface area contributed by atoms with Crippen LogP contribution < -0.4 is 5.32 Å². The molecule has 25 heavy (non-hydrogen) atoms. The van der Waals surface area contributed by atoms with Crippen LogP contribution in [0.4, 0.5) is 4.39 Å². The van der Waals surface area contributed by atoms with Crippen LogP contribution in [0.5, 0.6) is 0 Å². The molecule has 134 valence electrons. The highest BCUT2D eigenvalue weighted by molar-refractivity contribution is 5.72. The second-order valence-electron chi connectivity index (χ2n) is 6.27. The van der Waals surface area contributed by atoms with Gasteiger partial charge < -0.3 is 19.7 Å². The van der Waals surface area contributed by atoms with E-state index in [1.54, 1.807) is 12.1 Å². The van der Waals surface area contributed by atoms with Crippen molar-refractivity contribution in [3.05, 3.63) is 41.8 Å². The minimum atomic E-state index is -0.588. The quantitative estimate of drug-likeness (QED) is 0.864. The van der Waals surface area contributed by atoms with Gasteiger partial charge in [-0.1, -0.05) is 5.16 Å². The number of hydrogen-bond donors (Lipinski definition) is 2. The first-order chi connectivity index (χ1) is 12.0. The topological polar surface area (TPSA) is 84.6 Å². The second kappa shape index (κ2) is 7.76. The van der Waals surface area contributed by atoms with Gasteiger partial charge in [0.15, 0.2) is 5.76 Å². The predicted molar refractivity (Wildman–Crippen MR) is 88.2 cm³/mol. The number of nitrogens with zero attached hydrogens (tertiary/aromatic N) is 1. The van der Waals surface area contributed by atoms with Crippen LogP contribution >= 0.6 is 0 Å². The van der Waals surface area contributed by atoms with Gasteiger partial charge in [0, 0.05) is 31.5 Å². The van der Waals surface area contributed by atoms with Gasteiger partial charge in [0.1, 0.15) is 11.9 Å². The maximum absolute atomic E-state index is 13.0. The summed E-state index contributed by atoms with van der Waals surface area (Å²) in [6.07, 6.45) is 0.747. The molecule has 1 fully saturated rings. The monoisotopic (exact) mass is 348 g/mol. The lowest BCUT2D eigenvalue weighted by Gasteiger charge is -2.33. The van der Waals surface area contributed by atoms with E-state index in [0.29, 0.717) is 25.0 Å². The molecule has 7 heteroatoms. The molecule has 0 aliphatic carbocycles. The first-order valence-electron chi connectivity index (χ1n) is 8.31. The minimum absolute atomic E-state index is 0.103. The smallest absolute Gasteiger partial charge is 0.216 e. The maximum Gasteiger partial charge on any atom is 0.216 e. The van der Waals surface area contributed by atoms with Crippen molar-refractivity contribution in [2.24, 2.45) is 0 Å². The largest absolute Gasteiger partial charge is 0.390 e. The molecule has 1 aliphatic rings. The van der Waals surface area contributed by atoms with E-state index >= 15 is 0 Å². The molecule has 1 aliphatic heterocycles. The third-order valence-corrected chi connectivity index (χ3v) is 4.26. The Morgan fingerprint density at radius 3 is 2.84 bits per heavy atom. The van der Waals surface area contributed by atoms with Crippen molar-refractivity contribution in [3.8, 4) is 11.3 Å². The average molecular weight is 348 g/mol. The number of ether oxygens (including phenoxy) is 1. The van der Waals surface area contributed by atoms with E-state index in [-0.39, 0.29) is 24.4 Å². The van der Waals surface area contributed by atoms with E-state index in [0.717, 1.165) is 11.3 Å². The Labute approximate surface area is 145 Å². The molecule has 3 rings (SSSR count). The fourth-order valence-corrected chi connectivity index (χ4v) is 2.92. The molecule has 2 aromatic rings. The van der Waals surface area contributed by atoms with Crippen molar-refractivity contribution in [2.45, 2.75) is 44.5 Å². The number of hydrogen-bond acceptors (Lipinski definition) is 5. The molecular formula is C18H21FN2O4. The fourth-order valence-electron chi connectivity index (χ4n) is 2.92. The number of halogens is 1. The number of aliphatic hydroxyl groups excluding tert-OH is 1. The Kier molecular flexibility index (Phi) is 5.45. The third kappa shape index (κ3) is 4.64. The molecule has 2 heterocycles. The lowest BCUT2D eigenvalue weighted by Crippen LogP contribution is -2.46. The first-order valence-corrected chi connectivity index (χ1v) is 8.31. The summed E-state index contributed by atoms with van der Waals surface area (Å²) in [5.74, 6) is 0.113. The highest BCUT2D eigenvalue weighted by Gasteiger charge is 2.30. The highest BCUT2D eigenvalue weighted by Crippen LogP contribution is 2.25. The Morgan fingerprint density at radius 2 is 2.12 bits per heavy atom. The summed E-state index contributed by atoms with van der Waals surface area (Å²) < 4.78 is 24.2. The third-order valence-electron chi connectivity index (χ3n) is 4.26. The molecule has 0 spiro atoms. The van der Waals surface area contributed by atoms with Crippen LogP contribution in [0, 0.1) is 5.82 Å². The van der Waals surface area contributed by atoms with E-state index in [9.17, 15) is 14.3 Å². The van der Waals surface area contributed by atoms with Gasteiger partial charge in [-0.3, -0.25) is 4.79 Å². The van der Waals surface area contributed by atoms with E-state index in [4.69, 9.17) is 9.26 Å². The van der Waals surface area contributed by atoms with E-state index in [1.165, 1.54) is 19.1 Å². The van der Waals surface area contributed by atoms with E-state index < -0.39 is 12.2 Å². The molecule has 0 unspecified atom stereocenters. The second-order valence-corrected chi connectivity index (χ2v) is 6.27. The van der Waals surface area contributed by atoms with Gasteiger partial charge >= 0.3 is 0 Å². The molecule has 3 atom stereocenters. The van der Waals surface area contributed by atoms with Gasteiger partial charge in [0.25, 0.3) is 0 Å². The molecule has 0 radical (unpaired) electrons. The summed E-state index contributed by atoms with van der Waals surface area (Å²) >= 11 is 0. The summed E-state index contributed by atoms with van der Waals surface area (Å²) in [5.41, 5.74) is 1.49. The summed E-state index contributed by atoms with van der Waals surface area (Å²) in [6, 6.07) is 7.82. The summed E-state index contributed by atoms with van der Waals surface area (Å²) in [6.45, 7) is 1.71. The molecule has 0 bridgehead atoms. The number of nitrogens with one attached hydrogen (secondary N) is 1. The van der Waals surface area contributed by atoms with Crippen molar-refractivity contribution < 1.29 is 23.6 Å². The molecule has 2 N–H and O–H groups in total. The zero-order valence-electron chi connectivity index (χ0n) is 13.9. The summed E-state index contributed by atoms with van der Waals surface area (Å²) in [7, 11) is 0. The molecule has 1 amide bonds. The SMILES string of the molecule is CC(=O)NC[C@H]1O[C@H](Cc2cc(-c3ccc(F)cc3)on2)CC[C@@H]1O. The summed E-state index contributed by atoms with van der Waals surface area (Å²) in [5, 5.41) is 16.7. The van der Waals surface area contributed by atoms with Crippen LogP contribution in [0.2, 0.25) is 0 Å². The Bertz CT molecular complexity index is 716. The summed E-state index contributed by atoms with van der Waals surface area (Å²) in [4.78, 5) is 11.0. The van der Waals surface area contributed by atoms with Crippen LogP contribution in [0.15, 0.2) is 34.9 Å². The number of rotatable bonds is 5. The average Bonchev–Trinajstić information content (AvgIpc) is 3.04. The van der Waals surface area contributed by atoms with Gasteiger partial charge in [0.05, 0.1) is 17.9 Å². The standard InChI is InChI=1S/C18H21FN2O4/c1-11(22)20-10-18-16(23)7-6-15(24-18)8-14-9-17(25-21-14)12-2-4-13(19)5-3-12/h2-5,9,15-16,18,23H,6-8,10H2,1H3,(H,20,22)/t15-,16-,18+/m0/s1. The van der Waals surface area contributed by atoms with Crippen molar-refractivity contribution in [1.82, 2.24) is 10.5 Å². The molecule has 1 saturated heterocycles. The van der Waals surface area contributed by atoms with Crippen LogP contribution in [0.25, 0.3) is 11.3 Å². The fraction of sp³-hybridized carbons (Fsp3) is 0.444. The highest BCUT2D eigenvalue weighted by atomic mass is 19.1. The van der Waals surface area contributed by atoms with Gasteiger partial charge in [-0.15, -0.1) is 0 Å². The predicted octanol–water partition coefficient (Wildman–Crippen LogP) is 2.07. The van der Waals surface area contributed by atoms with Crippen LogP contribution in [-0.2, 0) is 16.0 Å². The number of amides is 1. The van der Waals surface area contributed by atoms with Crippen LogP contribution in [-0.4, -0.2) is 41.0 Å². The zero-order valence-corrected chi connectivity index (χ0v) is 13.9. The number of aromatic nitrogens is 1. The van der Waals surface area contributed by atoms with Gasteiger partial charge in [-0.05, 0) is 37.1 Å². The van der Waals surface area contributed by atoms with Crippen LogP contribution in [0.1, 0.15) is 25.5 Å². The Hall–Kier alpha value is -2.25. The molecule has 1 aromatic heterocycles. The zero-order chi connectivity index (χ0) is 17.8. The lowest BCUT2D eigenvalue weighted by molar-refractivity contribution is -0.127. The molecule has 1 aromatic carbocycles. The first kappa shape index (κ1) is 17.6. The van der Waals surface area contributed by atoms with E-state index in [2.05, 4.69) is 10.5 Å². The minimum Gasteiger partial charge on any atom is -0.390 e. The Balaban J connectivity index is 1.60. The van der Waals surface area contributed by atoms with Crippen LogP contribution in [0.3, 0.4) is 0 Å². The van der Waals surface area contributed by atoms with E-state index in [1.807, 2.05) is 6.07 Å². The van der Waals surface area contributed by atoms with Gasteiger partial charge in [-0.25, -0.2) is 4.39 Å². The molecule has 0 saturated carbocycles. The molecular weight excluding hydrogens is 327 g/mol. The van der Waals surface area contributed by atoms with Gasteiger partial charge in [0.2, 0.25) is 5.91 Å². The van der Waals surface area contributed by atoms with Gasteiger partial charge in [-0.2, -0.15) is 0 Å². The molecule has 6 nitrogen and oxygen atoms in total. The maximum atomic E-state index is 13.0. The Morgan fingerprint density at radius 1 is 1.36 bits per heavy atom.